The first kappa shape index (κ1) is 8.96. The number of nitrogens with zero attached hydrogens (tertiary/aromatic N) is 1. The molecule has 0 unspecified atom stereocenters. The summed E-state index contributed by atoms with van der Waals surface area (Å²) in [5, 5.41) is 0. The molecule has 1 aromatic carbocycles. The van der Waals surface area contributed by atoms with Gasteiger partial charge in [0, 0.05) is 6.92 Å². The van der Waals surface area contributed by atoms with E-state index >= 15 is 0 Å². The Morgan fingerprint density at radius 3 is 2.73 bits per heavy atom. The molecule has 0 spiro atoms. The lowest BCUT2D eigenvalue weighted by Crippen LogP contribution is -2.24. The molecule has 2 aliphatic rings. The van der Waals surface area contributed by atoms with Crippen LogP contribution in [0.15, 0.2) is 18.2 Å². The van der Waals surface area contributed by atoms with Crippen molar-refractivity contribution in [3.8, 4) is 0 Å². The zero-order valence-electron chi connectivity index (χ0n) is 9.16. The minimum Gasteiger partial charge on any atom is -0.329 e. The van der Waals surface area contributed by atoms with E-state index in [1.165, 1.54) is 16.7 Å². The molecule has 1 aromatic rings. The maximum atomic E-state index is 11.6. The number of fused-ring (bicyclic) bond motifs is 5. The van der Waals surface area contributed by atoms with Crippen LogP contribution in [0.2, 0.25) is 0 Å². The lowest BCUT2D eigenvalue weighted by atomic mass is 9.89. The van der Waals surface area contributed by atoms with Gasteiger partial charge in [-0.05, 0) is 36.5 Å². The smallest absolute Gasteiger partial charge is 0.220 e. The van der Waals surface area contributed by atoms with Crippen LogP contribution in [0.1, 0.15) is 48.5 Å². The monoisotopic (exact) mass is 201 g/mol. The number of benzene rings is 1. The highest BCUT2D eigenvalue weighted by atomic mass is 16.2. The van der Waals surface area contributed by atoms with Gasteiger partial charge < -0.3 is 4.90 Å². The minimum atomic E-state index is 0.220. The normalized spacial score (nSPS) is 26.9. The van der Waals surface area contributed by atoms with Crippen molar-refractivity contribution in [1.82, 2.24) is 4.90 Å². The molecule has 2 atom stereocenters. The SMILES string of the molecule is CC(=O)N1[C@@H]2CC[C@H]1c1cccc(C)c12. The highest BCUT2D eigenvalue weighted by Gasteiger charge is 2.45. The second-order valence-electron chi connectivity index (χ2n) is 4.61. The number of aryl methyl sites for hydroxylation is 1. The molecule has 78 valence electrons. The van der Waals surface area contributed by atoms with Crippen LogP contribution in [-0.4, -0.2) is 10.8 Å². The van der Waals surface area contributed by atoms with E-state index in [0.717, 1.165) is 12.8 Å². The van der Waals surface area contributed by atoms with Crippen molar-refractivity contribution in [2.75, 3.05) is 0 Å². The van der Waals surface area contributed by atoms with Gasteiger partial charge in [0.25, 0.3) is 0 Å². The third-order valence-corrected chi connectivity index (χ3v) is 3.80. The van der Waals surface area contributed by atoms with Crippen molar-refractivity contribution in [1.29, 1.82) is 0 Å². The Labute approximate surface area is 89.9 Å². The van der Waals surface area contributed by atoms with Crippen LogP contribution in [0.25, 0.3) is 0 Å². The molecule has 0 N–H and O–H groups in total. The molecular formula is C13H15NO. The van der Waals surface area contributed by atoms with Gasteiger partial charge in [0.05, 0.1) is 12.1 Å². The fourth-order valence-electron chi connectivity index (χ4n) is 3.29. The molecule has 2 nitrogen and oxygen atoms in total. The van der Waals surface area contributed by atoms with Gasteiger partial charge in [-0.2, -0.15) is 0 Å². The van der Waals surface area contributed by atoms with E-state index in [0.29, 0.717) is 12.1 Å². The van der Waals surface area contributed by atoms with E-state index in [4.69, 9.17) is 0 Å². The summed E-state index contributed by atoms with van der Waals surface area (Å²) in [4.78, 5) is 13.7. The van der Waals surface area contributed by atoms with Crippen molar-refractivity contribution in [3.05, 3.63) is 34.9 Å². The summed E-state index contributed by atoms with van der Waals surface area (Å²) in [5.74, 6) is 0.220. The van der Waals surface area contributed by atoms with E-state index in [1.807, 2.05) is 0 Å². The molecule has 2 bridgehead atoms. The van der Waals surface area contributed by atoms with Gasteiger partial charge in [-0.25, -0.2) is 0 Å². The number of carbonyl (C=O) groups is 1. The Kier molecular flexibility index (Phi) is 1.70. The van der Waals surface area contributed by atoms with Gasteiger partial charge in [0.1, 0.15) is 0 Å². The van der Waals surface area contributed by atoms with Gasteiger partial charge in [-0.15, -0.1) is 0 Å². The predicted molar refractivity (Wildman–Crippen MR) is 58.4 cm³/mol. The summed E-state index contributed by atoms with van der Waals surface area (Å²) in [7, 11) is 0. The number of rotatable bonds is 0. The standard InChI is InChI=1S/C13H15NO/c1-8-4-3-5-10-11-6-7-12(13(8)10)14(11)9(2)15/h3-5,11-12H,6-7H2,1-2H3/t11-,12+/m0/s1. The molecule has 0 saturated carbocycles. The Morgan fingerprint density at radius 2 is 2.07 bits per heavy atom. The van der Waals surface area contributed by atoms with E-state index in [1.54, 1.807) is 6.92 Å². The second-order valence-corrected chi connectivity index (χ2v) is 4.61. The maximum Gasteiger partial charge on any atom is 0.220 e. The van der Waals surface area contributed by atoms with E-state index in [9.17, 15) is 4.79 Å². The Morgan fingerprint density at radius 1 is 1.33 bits per heavy atom. The molecule has 0 aliphatic carbocycles. The zero-order chi connectivity index (χ0) is 10.6. The second kappa shape index (κ2) is 2.84. The van der Waals surface area contributed by atoms with E-state index < -0.39 is 0 Å². The molecule has 2 heteroatoms. The number of carbonyl (C=O) groups excluding carboxylic acids is 1. The van der Waals surface area contributed by atoms with Crippen LogP contribution in [0.4, 0.5) is 0 Å². The highest BCUT2D eigenvalue weighted by molar-refractivity contribution is 5.76. The number of amides is 1. The van der Waals surface area contributed by atoms with Crippen molar-refractivity contribution < 1.29 is 4.79 Å². The van der Waals surface area contributed by atoms with Gasteiger partial charge in [0.15, 0.2) is 0 Å². The summed E-state index contributed by atoms with van der Waals surface area (Å²) >= 11 is 0. The van der Waals surface area contributed by atoms with E-state index in [2.05, 4.69) is 30.0 Å². The molecule has 1 saturated heterocycles. The van der Waals surface area contributed by atoms with Crippen molar-refractivity contribution in [2.24, 2.45) is 0 Å². The number of hydrogen-bond acceptors (Lipinski definition) is 1. The van der Waals surface area contributed by atoms with Crippen LogP contribution in [-0.2, 0) is 4.79 Å². The molecule has 1 amide bonds. The largest absolute Gasteiger partial charge is 0.329 e. The van der Waals surface area contributed by atoms with Crippen LogP contribution >= 0.6 is 0 Å². The molecule has 2 aliphatic heterocycles. The fourth-order valence-corrected chi connectivity index (χ4v) is 3.29. The molecule has 2 heterocycles. The Balaban J connectivity index is 2.17. The van der Waals surface area contributed by atoms with Crippen LogP contribution in [0.5, 0.6) is 0 Å². The van der Waals surface area contributed by atoms with Gasteiger partial charge in [-0.1, -0.05) is 18.2 Å². The Bertz CT molecular complexity index is 438. The zero-order valence-corrected chi connectivity index (χ0v) is 9.16. The van der Waals surface area contributed by atoms with Crippen molar-refractivity contribution >= 4 is 5.91 Å². The summed E-state index contributed by atoms with van der Waals surface area (Å²) < 4.78 is 0. The van der Waals surface area contributed by atoms with Crippen molar-refractivity contribution in [3.63, 3.8) is 0 Å². The van der Waals surface area contributed by atoms with Gasteiger partial charge in [0.2, 0.25) is 5.91 Å². The summed E-state index contributed by atoms with van der Waals surface area (Å²) in [5.41, 5.74) is 4.15. The fraction of sp³-hybridized carbons (Fsp3) is 0.462. The lowest BCUT2D eigenvalue weighted by Gasteiger charge is -2.20. The summed E-state index contributed by atoms with van der Waals surface area (Å²) in [6, 6.07) is 7.17. The minimum absolute atomic E-state index is 0.220. The first-order valence-electron chi connectivity index (χ1n) is 5.58. The molecule has 1 fully saturated rings. The summed E-state index contributed by atoms with van der Waals surface area (Å²) in [6.45, 7) is 3.84. The quantitative estimate of drug-likeness (QED) is 0.632. The molecule has 15 heavy (non-hydrogen) atoms. The van der Waals surface area contributed by atoms with Crippen LogP contribution < -0.4 is 0 Å². The van der Waals surface area contributed by atoms with Crippen molar-refractivity contribution in [2.45, 2.75) is 38.8 Å². The molecule has 3 rings (SSSR count). The third-order valence-electron chi connectivity index (χ3n) is 3.80. The summed E-state index contributed by atoms with van der Waals surface area (Å²) in [6.07, 6.45) is 2.28. The highest BCUT2D eigenvalue weighted by Crippen LogP contribution is 2.53. The molecule has 0 radical (unpaired) electrons. The third kappa shape index (κ3) is 1.02. The maximum absolute atomic E-state index is 11.6. The van der Waals surface area contributed by atoms with E-state index in [-0.39, 0.29) is 5.91 Å². The van der Waals surface area contributed by atoms with Gasteiger partial charge >= 0.3 is 0 Å². The topological polar surface area (TPSA) is 20.3 Å². The van der Waals surface area contributed by atoms with Crippen LogP contribution in [0.3, 0.4) is 0 Å². The first-order valence-corrected chi connectivity index (χ1v) is 5.58. The average molecular weight is 201 g/mol. The number of hydrogen-bond donors (Lipinski definition) is 0. The van der Waals surface area contributed by atoms with Crippen LogP contribution in [0, 0.1) is 6.92 Å². The Hall–Kier alpha value is -1.31. The lowest BCUT2D eigenvalue weighted by molar-refractivity contribution is -0.131. The molecular weight excluding hydrogens is 186 g/mol. The van der Waals surface area contributed by atoms with Gasteiger partial charge in [-0.3, -0.25) is 4.79 Å². The average Bonchev–Trinajstić information content (AvgIpc) is 2.73. The predicted octanol–water partition coefficient (Wildman–Crippen LogP) is 2.73. The molecule has 0 aromatic heterocycles. The first-order chi connectivity index (χ1) is 7.20.